The van der Waals surface area contributed by atoms with Gasteiger partial charge in [-0.2, -0.15) is 13.2 Å². The Morgan fingerprint density at radius 3 is 2.56 bits per heavy atom. The van der Waals surface area contributed by atoms with E-state index in [0.29, 0.717) is 30.0 Å². The molecule has 5 nitrogen and oxygen atoms in total. The Balaban J connectivity index is 0.00000182. The van der Waals surface area contributed by atoms with E-state index < -0.39 is 12.8 Å². The molecule has 0 radical (unpaired) electrons. The highest BCUT2D eigenvalue weighted by Gasteiger charge is 2.34. The summed E-state index contributed by atoms with van der Waals surface area (Å²) in [5, 5.41) is 6.38. The van der Waals surface area contributed by atoms with Crippen molar-refractivity contribution in [1.82, 2.24) is 15.6 Å². The van der Waals surface area contributed by atoms with E-state index in [1.54, 1.807) is 6.07 Å². The molecule has 2 saturated heterocycles. The third-order valence-corrected chi connectivity index (χ3v) is 4.72. The van der Waals surface area contributed by atoms with Crippen molar-refractivity contribution in [3.05, 3.63) is 23.9 Å². The lowest BCUT2D eigenvalue weighted by atomic mass is 9.89. The van der Waals surface area contributed by atoms with Crippen molar-refractivity contribution < 1.29 is 22.7 Å². The predicted octanol–water partition coefficient (Wildman–Crippen LogP) is 3.40. The second kappa shape index (κ2) is 10.3. The summed E-state index contributed by atoms with van der Waals surface area (Å²) in [6, 6.07) is 4.15. The molecule has 1 aromatic heterocycles. The third kappa shape index (κ3) is 7.71. The molecule has 154 valence electrons. The molecular formula is C17H24Cl2F3N3O2. The largest absolute Gasteiger partial charge is 0.468 e. The second-order valence-electron chi connectivity index (χ2n) is 6.86. The van der Waals surface area contributed by atoms with Gasteiger partial charge in [0.25, 0.3) is 0 Å². The van der Waals surface area contributed by atoms with E-state index in [1.807, 2.05) is 0 Å². The first-order valence-electron chi connectivity index (χ1n) is 8.54. The molecule has 0 aliphatic carbocycles. The minimum absolute atomic E-state index is 0. The van der Waals surface area contributed by atoms with Crippen molar-refractivity contribution in [2.75, 3.05) is 6.61 Å². The number of nitrogens with zero attached hydrogens (tertiary/aromatic N) is 1. The molecule has 2 aliphatic heterocycles. The zero-order valence-corrected chi connectivity index (χ0v) is 16.3. The monoisotopic (exact) mass is 429 g/mol. The first-order chi connectivity index (χ1) is 11.9. The van der Waals surface area contributed by atoms with Crippen LogP contribution < -0.4 is 15.4 Å². The van der Waals surface area contributed by atoms with Crippen LogP contribution in [0.3, 0.4) is 0 Å². The Bertz CT molecular complexity index is 607. The standard InChI is InChI=1S/C17H22F3N3O2.2ClH/c18-17(19,20)10-25-16-8-11(3-4-21-16)9-22-15(24)7-12-5-13-1-2-14(6-12)23-13;;/h3-4,8,12-14,23H,1-2,5-7,9-10H2,(H,22,24);2*1H. The number of alkyl halides is 3. The Labute approximate surface area is 168 Å². The van der Waals surface area contributed by atoms with Gasteiger partial charge in [0.15, 0.2) is 6.61 Å². The number of amides is 1. The van der Waals surface area contributed by atoms with E-state index in [0.717, 1.165) is 12.8 Å². The summed E-state index contributed by atoms with van der Waals surface area (Å²) in [6.07, 6.45) is 1.93. The number of halogens is 5. The van der Waals surface area contributed by atoms with Crippen molar-refractivity contribution in [1.29, 1.82) is 0 Å². The molecule has 1 aromatic rings. The molecular weight excluding hydrogens is 406 g/mol. The van der Waals surface area contributed by atoms with Crippen LogP contribution >= 0.6 is 24.8 Å². The fourth-order valence-electron chi connectivity index (χ4n) is 3.67. The topological polar surface area (TPSA) is 63.2 Å². The van der Waals surface area contributed by atoms with E-state index in [1.165, 1.54) is 25.1 Å². The summed E-state index contributed by atoms with van der Waals surface area (Å²) in [6.45, 7) is -1.13. The van der Waals surface area contributed by atoms with Crippen LogP contribution in [0.2, 0.25) is 0 Å². The van der Waals surface area contributed by atoms with Crippen LogP contribution in [-0.4, -0.2) is 35.8 Å². The Morgan fingerprint density at radius 2 is 1.93 bits per heavy atom. The molecule has 3 heterocycles. The van der Waals surface area contributed by atoms with E-state index in [-0.39, 0.29) is 43.1 Å². The van der Waals surface area contributed by atoms with Gasteiger partial charge in [0.2, 0.25) is 11.8 Å². The number of hydrogen-bond acceptors (Lipinski definition) is 4. The molecule has 0 aromatic carbocycles. The van der Waals surface area contributed by atoms with Gasteiger partial charge < -0.3 is 15.4 Å². The second-order valence-corrected chi connectivity index (χ2v) is 6.86. The lowest BCUT2D eigenvalue weighted by Crippen LogP contribution is -2.39. The smallest absolute Gasteiger partial charge is 0.422 e. The SMILES string of the molecule is Cl.Cl.O=C(CC1CC2CCC(C1)N2)NCc1ccnc(OCC(F)(F)F)c1. The van der Waals surface area contributed by atoms with Gasteiger partial charge >= 0.3 is 6.18 Å². The van der Waals surface area contributed by atoms with Gasteiger partial charge in [-0.15, -0.1) is 24.8 Å². The Morgan fingerprint density at radius 1 is 1.26 bits per heavy atom. The van der Waals surface area contributed by atoms with Gasteiger partial charge in [-0.25, -0.2) is 4.98 Å². The van der Waals surface area contributed by atoms with E-state index in [2.05, 4.69) is 20.4 Å². The fourth-order valence-corrected chi connectivity index (χ4v) is 3.67. The molecule has 2 aliphatic rings. The lowest BCUT2D eigenvalue weighted by molar-refractivity contribution is -0.154. The number of carbonyl (C=O) groups is 1. The van der Waals surface area contributed by atoms with Crippen LogP contribution in [0, 0.1) is 5.92 Å². The number of rotatable bonds is 6. The van der Waals surface area contributed by atoms with Crippen molar-refractivity contribution >= 4 is 30.7 Å². The number of nitrogens with one attached hydrogen (secondary N) is 2. The summed E-state index contributed by atoms with van der Waals surface area (Å²) in [5.74, 6) is 0.279. The fraction of sp³-hybridized carbons (Fsp3) is 0.647. The minimum atomic E-state index is -4.40. The molecule has 3 rings (SSSR count). The zero-order valence-electron chi connectivity index (χ0n) is 14.6. The van der Waals surface area contributed by atoms with E-state index in [4.69, 9.17) is 0 Å². The number of pyridine rings is 1. The van der Waals surface area contributed by atoms with Crippen LogP contribution in [-0.2, 0) is 11.3 Å². The van der Waals surface area contributed by atoms with Gasteiger partial charge in [-0.3, -0.25) is 4.79 Å². The maximum absolute atomic E-state index is 12.2. The predicted molar refractivity (Wildman–Crippen MR) is 99.4 cm³/mol. The van der Waals surface area contributed by atoms with Crippen LogP contribution in [0.4, 0.5) is 13.2 Å². The van der Waals surface area contributed by atoms with Crippen molar-refractivity contribution in [2.24, 2.45) is 5.92 Å². The summed E-state index contributed by atoms with van der Waals surface area (Å²) >= 11 is 0. The van der Waals surface area contributed by atoms with Gasteiger partial charge in [-0.1, -0.05) is 0 Å². The minimum Gasteiger partial charge on any atom is -0.468 e. The molecule has 2 bridgehead atoms. The number of ether oxygens (including phenoxy) is 1. The number of fused-ring (bicyclic) bond motifs is 2. The highest BCUT2D eigenvalue weighted by Crippen LogP contribution is 2.32. The first-order valence-corrected chi connectivity index (χ1v) is 8.54. The van der Waals surface area contributed by atoms with Crippen molar-refractivity contribution in [2.45, 2.75) is 56.9 Å². The molecule has 2 atom stereocenters. The van der Waals surface area contributed by atoms with Crippen molar-refractivity contribution in [3.8, 4) is 5.88 Å². The van der Waals surface area contributed by atoms with Crippen LogP contribution in [0.5, 0.6) is 5.88 Å². The summed E-state index contributed by atoms with van der Waals surface area (Å²) in [4.78, 5) is 15.9. The van der Waals surface area contributed by atoms with Crippen LogP contribution in [0.1, 0.15) is 37.7 Å². The Kier molecular flexibility index (Phi) is 9.11. The normalized spacial score (nSPS) is 23.7. The summed E-state index contributed by atoms with van der Waals surface area (Å²) in [5.41, 5.74) is 0.658. The zero-order chi connectivity index (χ0) is 17.9. The highest BCUT2D eigenvalue weighted by atomic mass is 35.5. The van der Waals surface area contributed by atoms with E-state index in [9.17, 15) is 18.0 Å². The molecule has 2 unspecified atom stereocenters. The summed E-state index contributed by atoms with van der Waals surface area (Å²) in [7, 11) is 0. The third-order valence-electron chi connectivity index (χ3n) is 4.72. The van der Waals surface area contributed by atoms with Gasteiger partial charge in [-0.05, 0) is 43.2 Å². The average Bonchev–Trinajstić information content (AvgIpc) is 2.89. The maximum Gasteiger partial charge on any atom is 0.422 e. The van der Waals surface area contributed by atoms with Gasteiger partial charge in [0.1, 0.15) is 0 Å². The molecule has 0 saturated carbocycles. The molecule has 2 fully saturated rings. The molecule has 1 amide bonds. The van der Waals surface area contributed by atoms with Crippen LogP contribution in [0.25, 0.3) is 0 Å². The Hall–Kier alpha value is -1.25. The van der Waals surface area contributed by atoms with Crippen LogP contribution in [0.15, 0.2) is 18.3 Å². The number of piperidine rings is 1. The number of hydrogen-bond donors (Lipinski definition) is 2. The quantitative estimate of drug-likeness (QED) is 0.727. The number of carbonyl (C=O) groups excluding carboxylic acids is 1. The van der Waals surface area contributed by atoms with E-state index >= 15 is 0 Å². The molecule has 2 N–H and O–H groups in total. The summed E-state index contributed by atoms with van der Waals surface area (Å²) < 4.78 is 41.1. The highest BCUT2D eigenvalue weighted by molar-refractivity contribution is 5.85. The lowest BCUT2D eigenvalue weighted by Gasteiger charge is -2.28. The number of aromatic nitrogens is 1. The van der Waals surface area contributed by atoms with Crippen molar-refractivity contribution in [3.63, 3.8) is 0 Å². The molecule has 27 heavy (non-hydrogen) atoms. The first kappa shape index (κ1) is 23.8. The maximum atomic E-state index is 12.2. The molecule has 10 heteroatoms. The average molecular weight is 430 g/mol. The van der Waals surface area contributed by atoms with Gasteiger partial charge in [0.05, 0.1) is 0 Å². The van der Waals surface area contributed by atoms with Gasteiger partial charge in [0, 0.05) is 37.3 Å². The molecule has 0 spiro atoms.